The zero-order valence-corrected chi connectivity index (χ0v) is 24.1. The molecule has 0 aliphatic rings. The molecule has 1 N–H and O–H groups in total. The van der Waals surface area contributed by atoms with Gasteiger partial charge in [0.25, 0.3) is 10.0 Å². The van der Waals surface area contributed by atoms with Gasteiger partial charge in [0.2, 0.25) is 11.8 Å². The van der Waals surface area contributed by atoms with Crippen molar-refractivity contribution in [1.29, 1.82) is 0 Å². The molecule has 0 saturated heterocycles. The second kappa shape index (κ2) is 12.7. The Morgan fingerprint density at radius 3 is 2.08 bits per heavy atom. The average Bonchev–Trinajstić information content (AvgIpc) is 2.88. The number of benzene rings is 3. The van der Waals surface area contributed by atoms with Crippen molar-refractivity contribution in [2.24, 2.45) is 0 Å². The van der Waals surface area contributed by atoms with Crippen LogP contribution in [-0.2, 0) is 26.2 Å². The number of sulfonamides is 1. The van der Waals surface area contributed by atoms with Gasteiger partial charge in [-0.3, -0.25) is 13.9 Å². The van der Waals surface area contributed by atoms with Crippen LogP contribution < -0.4 is 9.62 Å². The molecule has 0 bridgehead atoms. The van der Waals surface area contributed by atoms with Gasteiger partial charge in [-0.1, -0.05) is 70.7 Å². The third kappa shape index (κ3) is 7.07. The largest absolute Gasteiger partial charge is 0.355 e. The molecule has 0 aliphatic carbocycles. The summed E-state index contributed by atoms with van der Waals surface area (Å²) in [4.78, 5) is 28.0. The third-order valence-corrected chi connectivity index (χ3v) is 8.39. The van der Waals surface area contributed by atoms with Crippen LogP contribution in [0.2, 0.25) is 10.0 Å². The van der Waals surface area contributed by atoms with Crippen molar-refractivity contribution >= 4 is 50.7 Å². The molecule has 3 aromatic rings. The Morgan fingerprint density at radius 2 is 1.50 bits per heavy atom. The molecule has 0 aliphatic heterocycles. The van der Waals surface area contributed by atoms with Gasteiger partial charge in [0.15, 0.2) is 0 Å². The number of hydrogen-bond acceptors (Lipinski definition) is 4. The molecular weight excluding hydrogens is 545 g/mol. The van der Waals surface area contributed by atoms with Crippen LogP contribution in [0, 0.1) is 13.8 Å². The first-order valence-corrected chi connectivity index (χ1v) is 14.3. The van der Waals surface area contributed by atoms with Gasteiger partial charge in [-0.2, -0.15) is 0 Å². The summed E-state index contributed by atoms with van der Waals surface area (Å²) < 4.78 is 28.6. The van der Waals surface area contributed by atoms with Gasteiger partial charge in [0.1, 0.15) is 12.6 Å². The fraction of sp³-hybridized carbons (Fsp3) is 0.286. The van der Waals surface area contributed by atoms with E-state index in [0.29, 0.717) is 6.54 Å². The van der Waals surface area contributed by atoms with Crippen LogP contribution in [0.1, 0.15) is 30.5 Å². The number of nitrogens with one attached hydrogen (secondary N) is 1. The van der Waals surface area contributed by atoms with Crippen molar-refractivity contribution in [2.45, 2.75) is 45.2 Å². The van der Waals surface area contributed by atoms with E-state index in [0.717, 1.165) is 21.0 Å². The maximum atomic E-state index is 13.8. The van der Waals surface area contributed by atoms with Crippen molar-refractivity contribution < 1.29 is 18.0 Å². The van der Waals surface area contributed by atoms with Crippen LogP contribution in [-0.4, -0.2) is 44.3 Å². The van der Waals surface area contributed by atoms with Gasteiger partial charge < -0.3 is 10.2 Å². The van der Waals surface area contributed by atoms with E-state index < -0.39 is 28.5 Å². The highest BCUT2D eigenvalue weighted by Gasteiger charge is 2.33. The van der Waals surface area contributed by atoms with Gasteiger partial charge in [-0.25, -0.2) is 8.42 Å². The van der Waals surface area contributed by atoms with E-state index >= 15 is 0 Å². The topological polar surface area (TPSA) is 86.8 Å². The minimum absolute atomic E-state index is 0.00574. The Balaban J connectivity index is 2.07. The average molecular weight is 577 g/mol. The maximum Gasteiger partial charge on any atom is 0.264 e. The van der Waals surface area contributed by atoms with Crippen LogP contribution in [0.25, 0.3) is 0 Å². The lowest BCUT2D eigenvalue weighted by Crippen LogP contribution is -2.51. The van der Waals surface area contributed by atoms with Crippen molar-refractivity contribution in [3.8, 4) is 0 Å². The Hall–Kier alpha value is -3.07. The summed E-state index contributed by atoms with van der Waals surface area (Å²) in [5.74, 6) is -0.919. The van der Waals surface area contributed by atoms with Crippen LogP contribution in [0.15, 0.2) is 71.6 Å². The van der Waals surface area contributed by atoms with Crippen LogP contribution in [0.5, 0.6) is 0 Å². The lowest BCUT2D eigenvalue weighted by atomic mass is 10.1. The van der Waals surface area contributed by atoms with Crippen LogP contribution in [0.4, 0.5) is 5.69 Å². The maximum absolute atomic E-state index is 13.8. The smallest absolute Gasteiger partial charge is 0.264 e. The number of likely N-dealkylation sites (N-methyl/N-ethyl adjacent to an activating group) is 1. The lowest BCUT2D eigenvalue weighted by Gasteiger charge is -2.32. The number of nitrogens with zero attached hydrogens (tertiary/aromatic N) is 2. The predicted molar refractivity (Wildman–Crippen MR) is 152 cm³/mol. The highest BCUT2D eigenvalue weighted by atomic mass is 35.5. The summed E-state index contributed by atoms with van der Waals surface area (Å²) in [5.41, 5.74) is 2.80. The van der Waals surface area contributed by atoms with E-state index in [1.54, 1.807) is 26.0 Å². The molecular formula is C28H31Cl2N3O4S. The first kappa shape index (κ1) is 29.5. The van der Waals surface area contributed by atoms with Crippen molar-refractivity contribution in [3.63, 3.8) is 0 Å². The predicted octanol–water partition coefficient (Wildman–Crippen LogP) is 5.36. The third-order valence-electron chi connectivity index (χ3n) is 6.06. The monoisotopic (exact) mass is 575 g/mol. The molecule has 0 spiro atoms. The number of carbonyl (C=O) groups is 2. The minimum Gasteiger partial charge on any atom is -0.355 e. The molecule has 0 heterocycles. The Morgan fingerprint density at radius 1 is 0.921 bits per heavy atom. The second-order valence-corrected chi connectivity index (χ2v) is 11.7. The number of carbonyl (C=O) groups excluding carboxylic acids is 2. The van der Waals surface area contributed by atoms with Gasteiger partial charge >= 0.3 is 0 Å². The van der Waals surface area contributed by atoms with Crippen molar-refractivity contribution in [2.75, 3.05) is 17.4 Å². The zero-order valence-electron chi connectivity index (χ0n) is 21.7. The molecule has 3 rings (SSSR count). The fourth-order valence-electron chi connectivity index (χ4n) is 3.82. The standard InChI is InChI=1S/C28H31Cl2N3O4S/c1-5-31-28(35)21(4)32(17-22-10-6-19(2)7-11-22)27(34)18-33(26-16-23(29)12-15-25(26)30)38(36,37)24-13-8-20(3)9-14-24/h6-16,21H,5,17-18H2,1-4H3,(H,31,35). The molecule has 0 radical (unpaired) electrons. The number of hydrogen-bond donors (Lipinski definition) is 1. The van der Waals surface area contributed by atoms with E-state index in [2.05, 4.69) is 5.32 Å². The molecule has 38 heavy (non-hydrogen) atoms. The van der Waals surface area contributed by atoms with E-state index in [1.165, 1.54) is 35.2 Å². The molecule has 0 fully saturated rings. The molecule has 0 saturated carbocycles. The van der Waals surface area contributed by atoms with E-state index in [-0.39, 0.29) is 33.1 Å². The molecule has 3 aromatic carbocycles. The van der Waals surface area contributed by atoms with Crippen LogP contribution in [0.3, 0.4) is 0 Å². The highest BCUT2D eigenvalue weighted by Crippen LogP contribution is 2.33. The van der Waals surface area contributed by atoms with Crippen LogP contribution >= 0.6 is 23.2 Å². The number of anilines is 1. The van der Waals surface area contributed by atoms with Crippen molar-refractivity contribution in [1.82, 2.24) is 10.2 Å². The number of amides is 2. The quantitative estimate of drug-likeness (QED) is 0.352. The molecule has 0 aromatic heterocycles. The fourth-order valence-corrected chi connectivity index (χ4v) is 5.68. The minimum atomic E-state index is -4.23. The summed E-state index contributed by atoms with van der Waals surface area (Å²) in [6.07, 6.45) is 0. The molecule has 202 valence electrons. The van der Waals surface area contributed by atoms with E-state index in [9.17, 15) is 18.0 Å². The lowest BCUT2D eigenvalue weighted by molar-refractivity contribution is -0.139. The van der Waals surface area contributed by atoms with E-state index in [4.69, 9.17) is 23.2 Å². The Bertz CT molecular complexity index is 1390. The zero-order chi connectivity index (χ0) is 28.0. The summed E-state index contributed by atoms with van der Waals surface area (Å²) in [5, 5.41) is 3.10. The first-order chi connectivity index (χ1) is 17.9. The van der Waals surface area contributed by atoms with Gasteiger partial charge in [0, 0.05) is 18.1 Å². The summed E-state index contributed by atoms with van der Waals surface area (Å²) in [6, 6.07) is 17.4. The SMILES string of the molecule is CCNC(=O)C(C)N(Cc1ccc(C)cc1)C(=O)CN(c1cc(Cl)ccc1Cl)S(=O)(=O)c1ccc(C)cc1. The summed E-state index contributed by atoms with van der Waals surface area (Å²) >= 11 is 12.6. The summed E-state index contributed by atoms with van der Waals surface area (Å²) in [6.45, 7) is 7.10. The number of halogens is 2. The molecule has 10 heteroatoms. The summed E-state index contributed by atoms with van der Waals surface area (Å²) in [7, 11) is -4.23. The van der Waals surface area contributed by atoms with E-state index in [1.807, 2.05) is 38.1 Å². The molecule has 2 amide bonds. The molecule has 7 nitrogen and oxygen atoms in total. The number of rotatable bonds is 10. The molecule has 1 atom stereocenters. The van der Waals surface area contributed by atoms with Crippen molar-refractivity contribution in [3.05, 3.63) is 93.5 Å². The van der Waals surface area contributed by atoms with Gasteiger partial charge in [0.05, 0.1) is 15.6 Å². The Labute approximate surface area is 234 Å². The van der Waals surface area contributed by atoms with Gasteiger partial charge in [-0.05, 0) is 63.6 Å². The number of aryl methyl sites for hydroxylation is 2. The highest BCUT2D eigenvalue weighted by molar-refractivity contribution is 7.92. The van der Waals surface area contributed by atoms with Gasteiger partial charge in [-0.15, -0.1) is 0 Å². The normalized spacial score (nSPS) is 12.1. The Kier molecular flexibility index (Phi) is 9.82. The second-order valence-electron chi connectivity index (χ2n) is 9.00. The molecule has 1 unspecified atom stereocenters. The first-order valence-electron chi connectivity index (χ1n) is 12.1.